The van der Waals surface area contributed by atoms with Gasteiger partial charge in [-0.2, -0.15) is 13.2 Å². The summed E-state index contributed by atoms with van der Waals surface area (Å²) in [5, 5.41) is 1.88. The third-order valence-corrected chi connectivity index (χ3v) is 6.80. The summed E-state index contributed by atoms with van der Waals surface area (Å²) in [5.74, 6) is -1.21. The molecule has 2 rings (SSSR count). The summed E-state index contributed by atoms with van der Waals surface area (Å²) in [5.41, 5.74) is 0.0754. The summed E-state index contributed by atoms with van der Waals surface area (Å²) in [6, 6.07) is 8.87. The Balaban J connectivity index is 2.50. The van der Waals surface area contributed by atoms with Gasteiger partial charge in [0.2, 0.25) is 21.8 Å². The van der Waals surface area contributed by atoms with Crippen molar-refractivity contribution in [3.63, 3.8) is 0 Å². The predicted molar refractivity (Wildman–Crippen MR) is 129 cm³/mol. The molecule has 1 N–H and O–H groups in total. The van der Waals surface area contributed by atoms with Crippen LogP contribution in [0.15, 0.2) is 42.5 Å². The minimum absolute atomic E-state index is 0.00292. The minimum atomic E-state index is -4.83. The van der Waals surface area contributed by atoms with Gasteiger partial charge in [-0.05, 0) is 37.1 Å². The Labute approximate surface area is 207 Å². The molecule has 2 aromatic carbocycles. The molecule has 192 valence electrons. The molecule has 0 aliphatic heterocycles. The quantitative estimate of drug-likeness (QED) is 0.528. The van der Waals surface area contributed by atoms with Crippen molar-refractivity contribution in [2.75, 3.05) is 24.2 Å². The van der Waals surface area contributed by atoms with E-state index in [9.17, 15) is 31.2 Å². The standard InChI is InChI=1S/C23H27ClF3N3O4S/c1-5-20(22(32)28-3)29(13-16-8-6-15(2)7-9-16)21(31)14-30(35(4,33)34)17-10-11-19(24)18(12-17)23(25,26)27/h6-12,20H,5,13-14H2,1-4H3,(H,28,32). The van der Waals surface area contributed by atoms with Gasteiger partial charge in [-0.3, -0.25) is 13.9 Å². The molecule has 2 amide bonds. The van der Waals surface area contributed by atoms with Crippen molar-refractivity contribution in [2.45, 2.75) is 39.0 Å². The van der Waals surface area contributed by atoms with E-state index in [1.54, 1.807) is 19.1 Å². The van der Waals surface area contributed by atoms with Crippen LogP contribution in [0.3, 0.4) is 0 Å². The summed E-state index contributed by atoms with van der Waals surface area (Å²) < 4.78 is 65.7. The van der Waals surface area contributed by atoms with E-state index in [1.165, 1.54) is 11.9 Å². The molecule has 0 bridgehead atoms. The number of sulfonamides is 1. The van der Waals surface area contributed by atoms with Crippen molar-refractivity contribution in [1.29, 1.82) is 0 Å². The number of halogens is 4. The molecule has 35 heavy (non-hydrogen) atoms. The Hall–Kier alpha value is -2.79. The molecule has 0 heterocycles. The largest absolute Gasteiger partial charge is 0.417 e. The second kappa shape index (κ2) is 11.3. The Morgan fingerprint density at radius 2 is 1.71 bits per heavy atom. The first-order chi connectivity index (χ1) is 16.2. The molecule has 7 nitrogen and oxygen atoms in total. The maximum Gasteiger partial charge on any atom is 0.417 e. The number of carbonyl (C=O) groups is 2. The molecule has 0 spiro atoms. The molecule has 1 unspecified atom stereocenters. The summed E-state index contributed by atoms with van der Waals surface area (Å²) >= 11 is 5.66. The van der Waals surface area contributed by atoms with Crippen molar-refractivity contribution in [2.24, 2.45) is 0 Å². The SMILES string of the molecule is CCC(C(=O)NC)N(Cc1ccc(C)cc1)C(=O)CN(c1ccc(Cl)c(C(F)(F)F)c1)S(C)(=O)=O. The predicted octanol–water partition coefficient (Wildman–Crippen LogP) is 3.99. The lowest BCUT2D eigenvalue weighted by Gasteiger charge is -2.32. The number of amides is 2. The molecule has 0 radical (unpaired) electrons. The maximum absolute atomic E-state index is 13.4. The highest BCUT2D eigenvalue weighted by Gasteiger charge is 2.36. The van der Waals surface area contributed by atoms with Crippen molar-refractivity contribution in [3.05, 3.63) is 64.2 Å². The maximum atomic E-state index is 13.4. The molecule has 0 saturated heterocycles. The van der Waals surface area contributed by atoms with Gasteiger partial charge in [-0.1, -0.05) is 48.4 Å². The number of carbonyl (C=O) groups excluding carboxylic acids is 2. The van der Waals surface area contributed by atoms with Gasteiger partial charge in [-0.25, -0.2) is 8.42 Å². The number of likely N-dealkylation sites (N-methyl/N-ethyl adjacent to an activating group) is 1. The summed E-state index contributed by atoms with van der Waals surface area (Å²) in [6.07, 6.45) is -3.82. The molecular formula is C23H27ClF3N3O4S. The zero-order valence-corrected chi connectivity index (χ0v) is 21.3. The molecule has 2 aromatic rings. The fourth-order valence-corrected chi connectivity index (χ4v) is 4.54. The van der Waals surface area contributed by atoms with E-state index < -0.39 is 51.2 Å². The van der Waals surface area contributed by atoms with Crippen LogP contribution in [0.2, 0.25) is 5.02 Å². The van der Waals surface area contributed by atoms with Crippen LogP contribution in [0.1, 0.15) is 30.0 Å². The van der Waals surface area contributed by atoms with Crippen LogP contribution in [0.5, 0.6) is 0 Å². The van der Waals surface area contributed by atoms with Crippen LogP contribution in [-0.2, 0) is 32.3 Å². The van der Waals surface area contributed by atoms with Crippen molar-refractivity contribution < 1.29 is 31.2 Å². The van der Waals surface area contributed by atoms with E-state index in [0.717, 1.165) is 24.0 Å². The number of anilines is 1. The number of benzene rings is 2. The van der Waals surface area contributed by atoms with Gasteiger partial charge in [0.05, 0.1) is 22.5 Å². The van der Waals surface area contributed by atoms with E-state index in [4.69, 9.17) is 11.6 Å². The lowest BCUT2D eigenvalue weighted by molar-refractivity contribution is -0.140. The van der Waals surface area contributed by atoms with E-state index in [0.29, 0.717) is 15.9 Å². The molecule has 0 saturated carbocycles. The van der Waals surface area contributed by atoms with E-state index in [1.807, 2.05) is 19.1 Å². The van der Waals surface area contributed by atoms with Crippen molar-refractivity contribution in [3.8, 4) is 0 Å². The van der Waals surface area contributed by atoms with Crippen LogP contribution in [0.25, 0.3) is 0 Å². The van der Waals surface area contributed by atoms with Crippen LogP contribution in [0, 0.1) is 6.92 Å². The highest BCUT2D eigenvalue weighted by Crippen LogP contribution is 2.37. The average Bonchev–Trinajstić information content (AvgIpc) is 2.77. The van der Waals surface area contributed by atoms with Crippen LogP contribution in [0.4, 0.5) is 18.9 Å². The first-order valence-corrected chi connectivity index (χ1v) is 12.8. The molecule has 1 atom stereocenters. The van der Waals surface area contributed by atoms with Crippen molar-refractivity contribution >= 4 is 39.1 Å². The molecular weight excluding hydrogens is 507 g/mol. The zero-order valence-electron chi connectivity index (χ0n) is 19.7. The van der Waals surface area contributed by atoms with E-state index in [2.05, 4.69) is 5.32 Å². The Kier molecular flexibility index (Phi) is 9.18. The lowest BCUT2D eigenvalue weighted by Crippen LogP contribution is -2.51. The number of nitrogens with zero attached hydrogens (tertiary/aromatic N) is 2. The Morgan fingerprint density at radius 1 is 1.11 bits per heavy atom. The monoisotopic (exact) mass is 533 g/mol. The number of alkyl halides is 3. The fraction of sp³-hybridized carbons (Fsp3) is 0.391. The molecule has 0 fully saturated rings. The number of nitrogens with one attached hydrogen (secondary N) is 1. The minimum Gasteiger partial charge on any atom is -0.357 e. The summed E-state index contributed by atoms with van der Waals surface area (Å²) in [4.78, 5) is 27.1. The second-order valence-corrected chi connectivity index (χ2v) is 10.3. The van der Waals surface area contributed by atoms with Gasteiger partial charge in [0.25, 0.3) is 0 Å². The average molecular weight is 534 g/mol. The van der Waals surface area contributed by atoms with Crippen LogP contribution < -0.4 is 9.62 Å². The Bertz CT molecular complexity index is 1170. The van der Waals surface area contributed by atoms with Crippen LogP contribution in [-0.4, -0.2) is 51.0 Å². The molecule has 0 aliphatic rings. The third-order valence-electron chi connectivity index (χ3n) is 5.33. The number of rotatable bonds is 9. The second-order valence-electron chi connectivity index (χ2n) is 7.98. The highest BCUT2D eigenvalue weighted by atomic mass is 35.5. The number of hydrogen-bond donors (Lipinski definition) is 1. The first-order valence-electron chi connectivity index (χ1n) is 10.6. The fourth-order valence-electron chi connectivity index (χ4n) is 3.48. The number of hydrogen-bond acceptors (Lipinski definition) is 4. The smallest absolute Gasteiger partial charge is 0.357 e. The van der Waals surface area contributed by atoms with Crippen molar-refractivity contribution in [1.82, 2.24) is 10.2 Å². The first kappa shape index (κ1) is 28.4. The topological polar surface area (TPSA) is 86.8 Å². The Morgan fingerprint density at radius 3 is 2.20 bits per heavy atom. The summed E-state index contributed by atoms with van der Waals surface area (Å²) in [7, 11) is -2.77. The van der Waals surface area contributed by atoms with Gasteiger partial charge in [0.15, 0.2) is 0 Å². The number of aryl methyl sites for hydroxylation is 1. The van der Waals surface area contributed by atoms with Gasteiger partial charge in [0.1, 0.15) is 12.6 Å². The molecule has 0 aromatic heterocycles. The molecule has 0 aliphatic carbocycles. The van der Waals surface area contributed by atoms with Gasteiger partial charge < -0.3 is 10.2 Å². The normalized spacial score (nSPS) is 12.7. The van der Waals surface area contributed by atoms with E-state index >= 15 is 0 Å². The molecule has 12 heteroatoms. The van der Waals surface area contributed by atoms with E-state index in [-0.39, 0.29) is 18.7 Å². The highest BCUT2D eigenvalue weighted by molar-refractivity contribution is 7.92. The van der Waals surface area contributed by atoms with Gasteiger partial charge in [0, 0.05) is 13.6 Å². The van der Waals surface area contributed by atoms with Gasteiger partial charge in [-0.15, -0.1) is 0 Å². The third kappa shape index (κ3) is 7.35. The lowest BCUT2D eigenvalue weighted by atomic mass is 10.1. The van der Waals surface area contributed by atoms with Crippen LogP contribution >= 0.6 is 11.6 Å². The van der Waals surface area contributed by atoms with Gasteiger partial charge >= 0.3 is 6.18 Å². The summed E-state index contributed by atoms with van der Waals surface area (Å²) in [6.45, 7) is 2.77. The zero-order chi connectivity index (χ0) is 26.6.